The minimum Gasteiger partial charge on any atom is -0.400 e. The van der Waals surface area contributed by atoms with Gasteiger partial charge in [-0.1, -0.05) is 6.08 Å². The quantitative estimate of drug-likeness (QED) is 0.579. The fourth-order valence-electron chi connectivity index (χ4n) is 0.993. The highest BCUT2D eigenvalue weighted by Gasteiger charge is 2.04. The predicted molar refractivity (Wildman–Crippen MR) is 43.4 cm³/mol. The molecule has 0 atom stereocenters. The van der Waals surface area contributed by atoms with Gasteiger partial charge in [0.05, 0.1) is 5.70 Å². The van der Waals surface area contributed by atoms with Gasteiger partial charge in [-0.2, -0.15) is 0 Å². The summed E-state index contributed by atoms with van der Waals surface area (Å²) in [6, 6.07) is 0. The van der Waals surface area contributed by atoms with Gasteiger partial charge >= 0.3 is 0 Å². The number of hydrogen-bond donors (Lipinski definition) is 2. The van der Waals surface area contributed by atoms with Crippen LogP contribution in [0.5, 0.6) is 0 Å². The second-order valence-electron chi connectivity index (χ2n) is 2.56. The fraction of sp³-hybridized carbons (Fsp3) is 0.375. The first kappa shape index (κ1) is 7.85. The van der Waals surface area contributed by atoms with Crippen molar-refractivity contribution in [2.24, 2.45) is 5.73 Å². The molecular formula is C8H12N2O. The molecule has 0 fully saturated rings. The lowest BCUT2D eigenvalue weighted by Gasteiger charge is -2.11. The van der Waals surface area contributed by atoms with Crippen molar-refractivity contribution in [3.05, 3.63) is 23.5 Å². The highest BCUT2D eigenvalue weighted by molar-refractivity contribution is 5.75. The number of nitrogens with two attached hydrogens (primary N) is 1. The van der Waals surface area contributed by atoms with Crippen LogP contribution in [0.3, 0.4) is 0 Å². The summed E-state index contributed by atoms with van der Waals surface area (Å²) in [7, 11) is 0. The van der Waals surface area contributed by atoms with Crippen molar-refractivity contribution in [1.82, 2.24) is 5.32 Å². The standard InChI is InChI=1S/C8H12N2O/c1-6(11)10-8-5-3-2-4-7(8)9/h3,5H,2,4,9H2,1H3,(H,10,11). The maximum Gasteiger partial charge on any atom is 0.221 e. The zero-order valence-corrected chi connectivity index (χ0v) is 6.55. The van der Waals surface area contributed by atoms with Crippen LogP contribution < -0.4 is 11.1 Å². The summed E-state index contributed by atoms with van der Waals surface area (Å²) in [6.07, 6.45) is 5.66. The van der Waals surface area contributed by atoms with Crippen LogP contribution in [0.2, 0.25) is 0 Å². The maximum absolute atomic E-state index is 10.6. The molecule has 0 aromatic heterocycles. The van der Waals surface area contributed by atoms with E-state index in [2.05, 4.69) is 5.32 Å². The van der Waals surface area contributed by atoms with Gasteiger partial charge in [-0.05, 0) is 18.9 Å². The van der Waals surface area contributed by atoms with E-state index in [4.69, 9.17) is 5.73 Å². The third kappa shape index (κ3) is 2.11. The summed E-state index contributed by atoms with van der Waals surface area (Å²) >= 11 is 0. The molecule has 3 nitrogen and oxygen atoms in total. The molecule has 3 N–H and O–H groups in total. The fourth-order valence-corrected chi connectivity index (χ4v) is 0.993. The number of hydrogen-bond acceptors (Lipinski definition) is 2. The summed E-state index contributed by atoms with van der Waals surface area (Å²) in [4.78, 5) is 10.6. The van der Waals surface area contributed by atoms with Gasteiger partial charge in [0.15, 0.2) is 0 Å². The summed E-state index contributed by atoms with van der Waals surface area (Å²) in [5, 5.41) is 2.66. The third-order valence-electron chi connectivity index (χ3n) is 1.52. The number of amides is 1. The average molecular weight is 152 g/mol. The minimum absolute atomic E-state index is 0.0745. The summed E-state index contributed by atoms with van der Waals surface area (Å²) in [5.74, 6) is -0.0745. The van der Waals surface area contributed by atoms with E-state index < -0.39 is 0 Å². The van der Waals surface area contributed by atoms with Gasteiger partial charge in [-0.3, -0.25) is 4.79 Å². The molecular weight excluding hydrogens is 140 g/mol. The molecule has 0 radical (unpaired) electrons. The lowest BCUT2D eigenvalue weighted by atomic mass is 10.1. The Hall–Kier alpha value is -1.25. The van der Waals surface area contributed by atoms with Crippen LogP contribution in [0.1, 0.15) is 19.8 Å². The van der Waals surface area contributed by atoms with Gasteiger partial charge in [0.1, 0.15) is 0 Å². The van der Waals surface area contributed by atoms with Gasteiger partial charge < -0.3 is 11.1 Å². The first-order valence-corrected chi connectivity index (χ1v) is 3.63. The van der Waals surface area contributed by atoms with E-state index in [9.17, 15) is 4.79 Å². The molecule has 0 spiro atoms. The smallest absolute Gasteiger partial charge is 0.221 e. The molecule has 1 aliphatic carbocycles. The van der Waals surface area contributed by atoms with E-state index in [-0.39, 0.29) is 5.91 Å². The zero-order valence-electron chi connectivity index (χ0n) is 6.55. The molecule has 60 valence electrons. The van der Waals surface area contributed by atoms with E-state index in [1.807, 2.05) is 12.2 Å². The molecule has 1 rings (SSSR count). The summed E-state index contributed by atoms with van der Waals surface area (Å²) in [6.45, 7) is 1.47. The van der Waals surface area contributed by atoms with Gasteiger partial charge in [-0.25, -0.2) is 0 Å². The molecule has 1 aliphatic rings. The summed E-state index contributed by atoms with van der Waals surface area (Å²) in [5.41, 5.74) is 7.16. The number of carbonyl (C=O) groups is 1. The Morgan fingerprint density at radius 3 is 3.00 bits per heavy atom. The molecule has 11 heavy (non-hydrogen) atoms. The van der Waals surface area contributed by atoms with E-state index in [0.717, 1.165) is 24.2 Å². The summed E-state index contributed by atoms with van der Waals surface area (Å²) < 4.78 is 0. The molecule has 3 heteroatoms. The van der Waals surface area contributed by atoms with Crippen LogP contribution in [0, 0.1) is 0 Å². The minimum atomic E-state index is -0.0745. The van der Waals surface area contributed by atoms with E-state index in [0.29, 0.717) is 0 Å². The number of carbonyl (C=O) groups excluding carboxylic acids is 1. The maximum atomic E-state index is 10.6. The SMILES string of the molecule is CC(=O)NC1=C(N)CCC=C1. The Kier molecular flexibility index (Phi) is 2.31. The van der Waals surface area contributed by atoms with Crippen molar-refractivity contribution < 1.29 is 4.79 Å². The Labute approximate surface area is 66.0 Å². The second kappa shape index (κ2) is 3.23. The lowest BCUT2D eigenvalue weighted by molar-refractivity contribution is -0.118. The average Bonchev–Trinajstić information content (AvgIpc) is 1.93. The van der Waals surface area contributed by atoms with Crippen LogP contribution in [-0.2, 0) is 4.79 Å². The molecule has 0 saturated heterocycles. The number of nitrogens with one attached hydrogen (secondary N) is 1. The highest BCUT2D eigenvalue weighted by Crippen LogP contribution is 2.11. The van der Waals surface area contributed by atoms with Crippen molar-refractivity contribution in [2.75, 3.05) is 0 Å². The predicted octanol–water partition coefficient (Wildman–Crippen LogP) is 0.643. The highest BCUT2D eigenvalue weighted by atomic mass is 16.1. The van der Waals surface area contributed by atoms with Gasteiger partial charge in [0.25, 0.3) is 0 Å². The Morgan fingerprint density at radius 1 is 1.73 bits per heavy atom. The van der Waals surface area contributed by atoms with E-state index in [1.165, 1.54) is 6.92 Å². The molecule has 0 aromatic rings. The zero-order chi connectivity index (χ0) is 8.27. The van der Waals surface area contributed by atoms with Crippen LogP contribution in [0.15, 0.2) is 23.5 Å². The van der Waals surface area contributed by atoms with Crippen LogP contribution in [-0.4, -0.2) is 5.91 Å². The van der Waals surface area contributed by atoms with Crippen molar-refractivity contribution in [3.63, 3.8) is 0 Å². The molecule has 0 bridgehead atoms. The van der Waals surface area contributed by atoms with Crippen LogP contribution >= 0.6 is 0 Å². The third-order valence-corrected chi connectivity index (χ3v) is 1.52. The lowest BCUT2D eigenvalue weighted by Crippen LogP contribution is -2.22. The molecule has 0 unspecified atom stereocenters. The first-order valence-electron chi connectivity index (χ1n) is 3.63. The van der Waals surface area contributed by atoms with Crippen LogP contribution in [0.25, 0.3) is 0 Å². The normalized spacial score (nSPS) is 16.8. The van der Waals surface area contributed by atoms with Crippen molar-refractivity contribution in [1.29, 1.82) is 0 Å². The second-order valence-corrected chi connectivity index (χ2v) is 2.56. The Balaban J connectivity index is 2.68. The molecule has 0 saturated carbocycles. The first-order chi connectivity index (χ1) is 5.20. The number of allylic oxidation sites excluding steroid dienone is 3. The van der Waals surface area contributed by atoms with Crippen LogP contribution in [0.4, 0.5) is 0 Å². The van der Waals surface area contributed by atoms with Crippen molar-refractivity contribution in [2.45, 2.75) is 19.8 Å². The van der Waals surface area contributed by atoms with Crippen molar-refractivity contribution >= 4 is 5.91 Å². The molecule has 0 heterocycles. The molecule has 0 aliphatic heterocycles. The van der Waals surface area contributed by atoms with E-state index in [1.54, 1.807) is 0 Å². The number of rotatable bonds is 1. The van der Waals surface area contributed by atoms with Gasteiger partial charge in [0, 0.05) is 12.6 Å². The van der Waals surface area contributed by atoms with Gasteiger partial charge in [0.2, 0.25) is 5.91 Å². The van der Waals surface area contributed by atoms with Crippen molar-refractivity contribution in [3.8, 4) is 0 Å². The van der Waals surface area contributed by atoms with E-state index >= 15 is 0 Å². The monoisotopic (exact) mass is 152 g/mol. The largest absolute Gasteiger partial charge is 0.400 e. The topological polar surface area (TPSA) is 55.1 Å². The Morgan fingerprint density at radius 2 is 2.45 bits per heavy atom. The van der Waals surface area contributed by atoms with Gasteiger partial charge in [-0.15, -0.1) is 0 Å². The molecule has 0 aromatic carbocycles. The Bertz CT molecular complexity index is 228. The molecule has 1 amide bonds.